The summed E-state index contributed by atoms with van der Waals surface area (Å²) in [5, 5.41) is 2.52. The number of unbranched alkanes of at least 4 members (excludes halogenated alkanes) is 2. The van der Waals surface area contributed by atoms with Gasteiger partial charge in [-0.1, -0.05) is 88.5 Å². The highest BCUT2D eigenvalue weighted by atomic mass is 32.1. The molecule has 1 aliphatic rings. The fourth-order valence-electron chi connectivity index (χ4n) is 3.64. The van der Waals surface area contributed by atoms with Crippen LogP contribution in [0.25, 0.3) is 0 Å². The molecule has 0 radical (unpaired) electrons. The number of benzene rings is 2. The molecule has 3 rings (SSSR count). The first kappa shape index (κ1) is 22.1. The van der Waals surface area contributed by atoms with Crippen molar-refractivity contribution in [1.29, 1.82) is 0 Å². The van der Waals surface area contributed by atoms with Crippen LogP contribution in [0.1, 0.15) is 87.8 Å². The van der Waals surface area contributed by atoms with E-state index < -0.39 is 0 Å². The number of aliphatic imine (C=N–C) groups is 1. The first-order chi connectivity index (χ1) is 13.8. The van der Waals surface area contributed by atoms with Crippen LogP contribution in [0, 0.1) is 11.8 Å². The van der Waals surface area contributed by atoms with E-state index in [1.54, 1.807) is 0 Å². The molecule has 0 bridgehead atoms. The Morgan fingerprint density at radius 3 is 2.21 bits per heavy atom. The third kappa shape index (κ3) is 7.08. The molecule has 0 unspecified atom stereocenters. The van der Waals surface area contributed by atoms with Gasteiger partial charge in [0.2, 0.25) is 0 Å². The summed E-state index contributed by atoms with van der Waals surface area (Å²) in [5.74, 6) is 7.16. The van der Waals surface area contributed by atoms with Gasteiger partial charge in [-0.05, 0) is 60.8 Å². The fraction of sp³-hybridized carbons (Fsp3) is 0.423. The van der Waals surface area contributed by atoms with Gasteiger partial charge in [-0.2, -0.15) is 4.99 Å². The minimum Gasteiger partial charge on any atom is -0.194 e. The van der Waals surface area contributed by atoms with Crippen LogP contribution in [0.15, 0.2) is 53.5 Å². The van der Waals surface area contributed by atoms with Crippen LogP contribution in [-0.4, -0.2) is 5.16 Å². The van der Waals surface area contributed by atoms with E-state index in [1.807, 2.05) is 42.5 Å². The monoisotopic (exact) mass is 389 g/mol. The first-order valence-electron chi connectivity index (χ1n) is 10.6. The van der Waals surface area contributed by atoms with Crippen molar-refractivity contribution in [3.63, 3.8) is 0 Å². The van der Waals surface area contributed by atoms with E-state index in [0.29, 0.717) is 5.92 Å². The average molecular weight is 390 g/mol. The maximum absolute atomic E-state index is 4.83. The number of hydrogen-bond donors (Lipinski definition) is 0. The van der Waals surface area contributed by atoms with Crippen LogP contribution in [0.2, 0.25) is 0 Å². The van der Waals surface area contributed by atoms with Gasteiger partial charge in [0.25, 0.3) is 0 Å². The molecule has 146 valence electrons. The molecule has 0 aliphatic heterocycles. The number of thiocarbonyl (C=S) groups is 1. The summed E-state index contributed by atoms with van der Waals surface area (Å²) in [6.07, 6.45) is 10.4. The van der Waals surface area contributed by atoms with E-state index in [9.17, 15) is 0 Å². The van der Waals surface area contributed by atoms with Gasteiger partial charge in [0, 0.05) is 11.1 Å². The average Bonchev–Trinajstić information content (AvgIpc) is 2.75. The second-order valence-corrected chi connectivity index (χ2v) is 7.43. The molecule has 2 heteroatoms. The zero-order chi connectivity index (χ0) is 20.0. The van der Waals surface area contributed by atoms with Gasteiger partial charge < -0.3 is 0 Å². The van der Waals surface area contributed by atoms with Gasteiger partial charge in [0.1, 0.15) is 0 Å². The smallest absolute Gasteiger partial charge is 0.0786 e. The summed E-state index contributed by atoms with van der Waals surface area (Å²) in [7, 11) is 0. The molecule has 1 aliphatic carbocycles. The normalized spacial score (nSPS) is 13.4. The molecule has 2 aromatic carbocycles. The molecule has 0 atom stereocenters. The number of rotatable bonds is 4. The zero-order valence-electron chi connectivity index (χ0n) is 17.2. The predicted octanol–water partition coefficient (Wildman–Crippen LogP) is 8.06. The largest absolute Gasteiger partial charge is 0.194 e. The standard InChI is InChI=1S/C21H19NS.C5H12/c23-16-22-20-13-7-12-19(15-14-17-8-3-1-4-9-17)21(20)18-10-5-2-6-11-18;1-3-5-4-2/h1,3-4,7-9,12-13,18H,2,5-6,10-11H2;3-5H2,1-2H3. The molecular formula is C26H31NS. The Balaban J connectivity index is 0.000000500. The summed E-state index contributed by atoms with van der Waals surface area (Å²) in [5.41, 5.74) is 4.30. The molecule has 0 heterocycles. The fourth-order valence-corrected chi connectivity index (χ4v) is 3.74. The van der Waals surface area contributed by atoms with Crippen molar-refractivity contribution in [3.8, 4) is 11.8 Å². The minimum atomic E-state index is 0.534. The number of isothiocyanates is 1. The quantitative estimate of drug-likeness (QED) is 0.292. The predicted molar refractivity (Wildman–Crippen MR) is 125 cm³/mol. The van der Waals surface area contributed by atoms with Crippen molar-refractivity contribution in [1.82, 2.24) is 0 Å². The summed E-state index contributed by atoms with van der Waals surface area (Å²) in [4.78, 5) is 4.29. The van der Waals surface area contributed by atoms with Gasteiger partial charge in [-0.15, -0.1) is 0 Å². The van der Waals surface area contributed by atoms with E-state index in [2.05, 4.69) is 41.9 Å². The van der Waals surface area contributed by atoms with Crippen molar-refractivity contribution in [3.05, 3.63) is 65.2 Å². The van der Waals surface area contributed by atoms with Crippen LogP contribution < -0.4 is 0 Å². The van der Waals surface area contributed by atoms with Crippen molar-refractivity contribution >= 4 is 23.1 Å². The van der Waals surface area contributed by atoms with Crippen molar-refractivity contribution < 1.29 is 0 Å². The van der Waals surface area contributed by atoms with Crippen LogP contribution in [-0.2, 0) is 0 Å². The topological polar surface area (TPSA) is 12.4 Å². The lowest BCUT2D eigenvalue weighted by molar-refractivity contribution is 0.444. The molecule has 1 saturated carbocycles. The van der Waals surface area contributed by atoms with E-state index in [0.717, 1.165) is 16.8 Å². The first-order valence-corrected chi connectivity index (χ1v) is 11.0. The Morgan fingerprint density at radius 1 is 0.893 bits per heavy atom. The Kier molecular flexibility index (Phi) is 10.3. The SMILES string of the molecule is CCCCC.S=C=Nc1cccc(C#Cc2ccccc2)c1C1CCCCC1. The molecule has 0 spiro atoms. The molecule has 0 saturated heterocycles. The molecule has 0 aromatic heterocycles. The van der Waals surface area contributed by atoms with Crippen LogP contribution in [0.5, 0.6) is 0 Å². The minimum absolute atomic E-state index is 0.534. The highest BCUT2D eigenvalue weighted by molar-refractivity contribution is 7.78. The van der Waals surface area contributed by atoms with E-state index >= 15 is 0 Å². The molecule has 0 amide bonds. The van der Waals surface area contributed by atoms with E-state index in [4.69, 9.17) is 12.2 Å². The summed E-state index contributed by atoms with van der Waals surface area (Å²) in [6.45, 7) is 4.42. The lowest BCUT2D eigenvalue weighted by Crippen LogP contribution is -2.06. The highest BCUT2D eigenvalue weighted by Gasteiger charge is 2.21. The Bertz CT molecular complexity index is 815. The summed E-state index contributed by atoms with van der Waals surface area (Å²) < 4.78 is 0. The third-order valence-electron chi connectivity index (χ3n) is 5.09. The molecule has 1 fully saturated rings. The number of hydrogen-bond acceptors (Lipinski definition) is 2. The second-order valence-electron chi connectivity index (χ2n) is 7.25. The third-order valence-corrected chi connectivity index (χ3v) is 5.18. The van der Waals surface area contributed by atoms with Crippen molar-refractivity contribution in [2.75, 3.05) is 0 Å². The maximum Gasteiger partial charge on any atom is 0.0786 e. The van der Waals surface area contributed by atoms with Crippen molar-refractivity contribution in [2.24, 2.45) is 4.99 Å². The Hall–Kier alpha value is -2.20. The van der Waals surface area contributed by atoms with E-state index in [1.165, 1.54) is 56.9 Å². The van der Waals surface area contributed by atoms with Gasteiger partial charge in [0.15, 0.2) is 0 Å². The molecule has 0 N–H and O–H groups in total. The van der Waals surface area contributed by atoms with Gasteiger partial charge >= 0.3 is 0 Å². The lowest BCUT2D eigenvalue weighted by atomic mass is 9.81. The summed E-state index contributed by atoms with van der Waals surface area (Å²) in [6, 6.07) is 16.2. The molecular weight excluding hydrogens is 358 g/mol. The van der Waals surface area contributed by atoms with Crippen LogP contribution in [0.3, 0.4) is 0 Å². The van der Waals surface area contributed by atoms with E-state index in [-0.39, 0.29) is 0 Å². The maximum atomic E-state index is 4.83. The molecule has 1 nitrogen and oxygen atoms in total. The van der Waals surface area contributed by atoms with Crippen LogP contribution >= 0.6 is 12.2 Å². The Morgan fingerprint density at radius 2 is 1.61 bits per heavy atom. The Labute approximate surface area is 176 Å². The van der Waals surface area contributed by atoms with Crippen molar-refractivity contribution in [2.45, 2.75) is 71.1 Å². The second kappa shape index (κ2) is 13.1. The summed E-state index contributed by atoms with van der Waals surface area (Å²) >= 11 is 4.83. The molecule has 28 heavy (non-hydrogen) atoms. The number of nitrogens with zero attached hydrogens (tertiary/aromatic N) is 1. The molecule has 2 aromatic rings. The van der Waals surface area contributed by atoms with Gasteiger partial charge in [-0.3, -0.25) is 0 Å². The van der Waals surface area contributed by atoms with Crippen LogP contribution in [0.4, 0.5) is 5.69 Å². The highest BCUT2D eigenvalue weighted by Crippen LogP contribution is 2.39. The lowest BCUT2D eigenvalue weighted by Gasteiger charge is -2.24. The van der Waals surface area contributed by atoms with Gasteiger partial charge in [0.05, 0.1) is 10.8 Å². The zero-order valence-corrected chi connectivity index (χ0v) is 18.0. The van der Waals surface area contributed by atoms with Gasteiger partial charge in [-0.25, -0.2) is 0 Å².